The van der Waals surface area contributed by atoms with Crippen LogP contribution < -0.4 is 10.1 Å². The summed E-state index contributed by atoms with van der Waals surface area (Å²) in [7, 11) is 0. The van der Waals surface area contributed by atoms with Crippen molar-refractivity contribution >= 4 is 28.9 Å². The van der Waals surface area contributed by atoms with Crippen LogP contribution in [0.25, 0.3) is 0 Å². The molecule has 1 amide bonds. The van der Waals surface area contributed by atoms with Gasteiger partial charge >= 0.3 is 0 Å². The van der Waals surface area contributed by atoms with E-state index in [0.29, 0.717) is 24.0 Å². The van der Waals surface area contributed by atoms with Gasteiger partial charge in [-0.15, -0.1) is 5.10 Å². The lowest BCUT2D eigenvalue weighted by atomic mass is 9.46. The van der Waals surface area contributed by atoms with Gasteiger partial charge in [-0.3, -0.25) is 14.9 Å². The molecule has 4 bridgehead atoms. The molecule has 9 nitrogen and oxygen atoms in total. The van der Waals surface area contributed by atoms with Gasteiger partial charge in [-0.1, -0.05) is 0 Å². The maximum absolute atomic E-state index is 13.8. The lowest BCUT2D eigenvalue weighted by Gasteiger charge is -2.60. The van der Waals surface area contributed by atoms with Crippen molar-refractivity contribution in [3.63, 3.8) is 0 Å². The number of hydrogen-bond acceptors (Lipinski definition) is 6. The molecule has 0 saturated heterocycles. The quantitative estimate of drug-likeness (QED) is 0.335. The number of ether oxygens (including phenoxy) is 1. The molecular weight excluding hydrogens is 489 g/mol. The fraction of sp³-hybridized carbons (Fsp3) is 0.400. The predicted octanol–water partition coefficient (Wildman–Crippen LogP) is 5.71. The molecule has 4 saturated carbocycles. The van der Waals surface area contributed by atoms with E-state index in [1.54, 1.807) is 12.4 Å². The first kappa shape index (κ1) is 22.9. The number of benzene rings is 2. The largest absolute Gasteiger partial charge is 0.457 e. The highest BCUT2D eigenvalue weighted by atomic mass is 35.5. The van der Waals surface area contributed by atoms with Gasteiger partial charge in [0.25, 0.3) is 5.69 Å². The molecule has 1 N–H and O–H groups in total. The lowest BCUT2D eigenvalue weighted by Crippen LogP contribution is -2.60. The molecular formula is C25H23ClFN5O4. The molecule has 0 radical (unpaired) electrons. The molecule has 0 aliphatic heterocycles. The molecule has 11 heteroatoms. The Bertz CT molecular complexity index is 1350. The second-order valence-electron chi connectivity index (χ2n) is 10.4. The van der Waals surface area contributed by atoms with E-state index in [-0.39, 0.29) is 33.9 Å². The van der Waals surface area contributed by atoms with Crippen LogP contribution >= 0.6 is 11.6 Å². The average Bonchev–Trinajstić information content (AvgIpc) is 3.27. The van der Waals surface area contributed by atoms with Gasteiger partial charge < -0.3 is 10.1 Å². The molecule has 2 unspecified atom stereocenters. The van der Waals surface area contributed by atoms with Crippen LogP contribution in [-0.4, -0.2) is 25.6 Å². The summed E-state index contributed by atoms with van der Waals surface area (Å²) in [6, 6.07) is 9.47. The number of anilines is 1. The SMILES string of the molecule is O=C(Nc1cc(Oc2ccc(F)cc2)cc([N+](=O)[O-])c1)C12C[C@H]3C[C@@H](C1)CC(n1cnc(Cl)n1)(C3)C2. The highest BCUT2D eigenvalue weighted by molar-refractivity contribution is 6.28. The van der Waals surface area contributed by atoms with Gasteiger partial charge in [0.05, 0.1) is 27.6 Å². The Kier molecular flexibility index (Phi) is 5.26. The van der Waals surface area contributed by atoms with E-state index in [0.717, 1.165) is 32.1 Å². The first-order chi connectivity index (χ1) is 17.2. The Hall–Kier alpha value is -3.53. The maximum atomic E-state index is 13.8. The second-order valence-corrected chi connectivity index (χ2v) is 10.7. The zero-order valence-electron chi connectivity index (χ0n) is 19.2. The van der Waals surface area contributed by atoms with Gasteiger partial charge in [0.15, 0.2) is 0 Å². The van der Waals surface area contributed by atoms with Crippen molar-refractivity contribution in [2.75, 3.05) is 5.32 Å². The standard InChI is InChI=1S/C25H23ClFN5O4/c26-23-28-14-31(30-23)25-11-15-5-16(12-25)10-24(9-15,13-25)22(33)29-18-6-19(32(34)35)8-21(7-18)36-20-3-1-17(27)2-4-20/h1-4,6-8,14-16H,5,9-13H2,(H,29,33)/t15-,16+,24?,25?. The predicted molar refractivity (Wildman–Crippen MR) is 128 cm³/mol. The van der Waals surface area contributed by atoms with Gasteiger partial charge in [0.2, 0.25) is 11.2 Å². The summed E-state index contributed by atoms with van der Waals surface area (Å²) in [5.74, 6) is 0.704. The number of amides is 1. The Morgan fingerprint density at radius 1 is 1.14 bits per heavy atom. The van der Waals surface area contributed by atoms with Crippen molar-refractivity contribution in [1.82, 2.24) is 14.8 Å². The Labute approximate surface area is 210 Å². The zero-order chi connectivity index (χ0) is 25.1. The summed E-state index contributed by atoms with van der Waals surface area (Å²) in [6.45, 7) is 0. The van der Waals surface area contributed by atoms with Gasteiger partial charge in [-0.05, 0) is 86.2 Å². The number of nitrogens with zero attached hydrogens (tertiary/aromatic N) is 4. The van der Waals surface area contributed by atoms with Gasteiger partial charge in [-0.25, -0.2) is 14.1 Å². The fourth-order valence-corrected chi connectivity index (χ4v) is 7.07. The van der Waals surface area contributed by atoms with Crippen LogP contribution in [0.4, 0.5) is 15.8 Å². The minimum Gasteiger partial charge on any atom is -0.457 e. The molecule has 2 aromatic carbocycles. The van der Waals surface area contributed by atoms with E-state index >= 15 is 0 Å². The number of aromatic nitrogens is 3. The highest BCUT2D eigenvalue weighted by Crippen LogP contribution is 2.64. The number of halogens is 2. The summed E-state index contributed by atoms with van der Waals surface area (Å²) in [4.78, 5) is 28.9. The number of rotatable bonds is 6. The normalized spacial score (nSPS) is 28.2. The molecule has 7 rings (SSSR count). The molecule has 1 aromatic heterocycles. The number of nitrogens with one attached hydrogen (secondary N) is 1. The van der Waals surface area contributed by atoms with E-state index < -0.39 is 16.2 Å². The monoisotopic (exact) mass is 511 g/mol. The van der Waals surface area contributed by atoms with Crippen molar-refractivity contribution < 1.29 is 18.8 Å². The van der Waals surface area contributed by atoms with Crippen molar-refractivity contribution in [3.8, 4) is 11.5 Å². The van der Waals surface area contributed by atoms with E-state index in [9.17, 15) is 19.3 Å². The first-order valence-electron chi connectivity index (χ1n) is 11.8. The van der Waals surface area contributed by atoms with Crippen molar-refractivity contribution in [2.24, 2.45) is 17.3 Å². The summed E-state index contributed by atoms with van der Waals surface area (Å²) in [5.41, 5.74) is -0.851. The van der Waals surface area contributed by atoms with Crippen LogP contribution in [-0.2, 0) is 10.3 Å². The Morgan fingerprint density at radius 3 is 2.50 bits per heavy atom. The minimum atomic E-state index is -0.606. The third-order valence-electron chi connectivity index (χ3n) is 7.87. The zero-order valence-corrected chi connectivity index (χ0v) is 19.9. The van der Waals surface area contributed by atoms with E-state index in [1.807, 2.05) is 4.68 Å². The number of carbonyl (C=O) groups excluding carboxylic acids is 1. The van der Waals surface area contributed by atoms with E-state index in [1.165, 1.54) is 36.4 Å². The van der Waals surface area contributed by atoms with E-state index in [2.05, 4.69) is 15.4 Å². The average molecular weight is 512 g/mol. The van der Waals surface area contributed by atoms with Crippen molar-refractivity contribution in [1.29, 1.82) is 0 Å². The Balaban J connectivity index is 1.29. The van der Waals surface area contributed by atoms with Crippen LogP contribution in [0.5, 0.6) is 11.5 Å². The highest BCUT2D eigenvalue weighted by Gasteiger charge is 2.61. The second kappa shape index (κ2) is 8.26. The van der Waals surface area contributed by atoms with Crippen LogP contribution in [0.3, 0.4) is 0 Å². The molecule has 186 valence electrons. The third-order valence-corrected chi connectivity index (χ3v) is 8.04. The fourth-order valence-electron chi connectivity index (χ4n) is 6.94. The lowest BCUT2D eigenvalue weighted by molar-refractivity contribution is -0.384. The van der Waals surface area contributed by atoms with Crippen LogP contribution in [0.15, 0.2) is 48.8 Å². The molecule has 36 heavy (non-hydrogen) atoms. The van der Waals surface area contributed by atoms with Crippen molar-refractivity contribution in [3.05, 3.63) is 70.0 Å². The molecule has 1 heterocycles. The number of non-ortho nitro benzene ring substituents is 1. The smallest absolute Gasteiger partial charge is 0.275 e. The van der Waals surface area contributed by atoms with E-state index in [4.69, 9.17) is 16.3 Å². The molecule has 4 aliphatic carbocycles. The van der Waals surface area contributed by atoms with Crippen LogP contribution in [0.1, 0.15) is 38.5 Å². The number of carbonyl (C=O) groups is 1. The molecule has 4 fully saturated rings. The Morgan fingerprint density at radius 2 is 1.86 bits per heavy atom. The van der Waals surface area contributed by atoms with Gasteiger partial charge in [0.1, 0.15) is 23.6 Å². The number of nitro groups is 1. The van der Waals surface area contributed by atoms with Crippen molar-refractivity contribution in [2.45, 2.75) is 44.1 Å². The summed E-state index contributed by atoms with van der Waals surface area (Å²) in [6.07, 6.45) is 6.77. The van der Waals surface area contributed by atoms with Crippen LogP contribution in [0, 0.1) is 33.2 Å². The third kappa shape index (κ3) is 3.99. The summed E-state index contributed by atoms with van der Waals surface area (Å²) < 4.78 is 20.8. The first-order valence-corrected chi connectivity index (χ1v) is 12.2. The minimum absolute atomic E-state index is 0.152. The molecule has 3 aromatic rings. The van der Waals surface area contributed by atoms with Gasteiger partial charge in [-0.2, -0.15) is 0 Å². The topological polar surface area (TPSA) is 112 Å². The number of hydrogen-bond donors (Lipinski definition) is 1. The van der Waals surface area contributed by atoms with Crippen LogP contribution in [0.2, 0.25) is 5.28 Å². The summed E-state index contributed by atoms with van der Waals surface area (Å²) >= 11 is 6.02. The maximum Gasteiger partial charge on any atom is 0.275 e. The molecule has 0 spiro atoms. The summed E-state index contributed by atoms with van der Waals surface area (Å²) in [5, 5.41) is 19.1. The van der Waals surface area contributed by atoms with Gasteiger partial charge in [0, 0.05) is 12.1 Å². The molecule has 4 aliphatic rings. The number of nitro benzene ring substituents is 1. The molecule has 4 atom stereocenters.